The summed E-state index contributed by atoms with van der Waals surface area (Å²) in [5.41, 5.74) is 2.20. The Hall–Kier alpha value is -3.23. The molecule has 0 saturated carbocycles. The molecule has 0 aliphatic heterocycles. The number of H-pyrrole nitrogens is 1. The molecule has 0 fully saturated rings. The Morgan fingerprint density at radius 1 is 1.25 bits per heavy atom. The molecule has 9 nitrogen and oxygen atoms in total. The maximum atomic E-state index is 12.6. The van der Waals surface area contributed by atoms with Gasteiger partial charge < -0.3 is 9.84 Å². The monoisotopic (exact) mass is 384 g/mol. The van der Waals surface area contributed by atoms with E-state index >= 15 is 0 Å². The Balaban J connectivity index is 1.98. The maximum Gasteiger partial charge on any atom is 0.252 e. The van der Waals surface area contributed by atoms with Gasteiger partial charge >= 0.3 is 0 Å². The lowest BCUT2D eigenvalue weighted by molar-refractivity contribution is -0.115. The van der Waals surface area contributed by atoms with Gasteiger partial charge in [-0.15, -0.1) is 0 Å². The third kappa shape index (κ3) is 4.03. The zero-order valence-electron chi connectivity index (χ0n) is 16.9. The summed E-state index contributed by atoms with van der Waals surface area (Å²) in [4.78, 5) is 31.5. The van der Waals surface area contributed by atoms with E-state index in [2.05, 4.69) is 25.5 Å². The molecule has 0 aliphatic rings. The molecule has 3 aromatic heterocycles. The summed E-state index contributed by atoms with van der Waals surface area (Å²) in [6, 6.07) is 3.18. The van der Waals surface area contributed by atoms with E-state index in [0.29, 0.717) is 23.0 Å². The first-order valence-corrected chi connectivity index (χ1v) is 8.95. The minimum Gasteiger partial charge on any atom is -0.361 e. The van der Waals surface area contributed by atoms with Crippen molar-refractivity contribution in [3.05, 3.63) is 50.9 Å². The highest BCUT2D eigenvalue weighted by molar-refractivity contribution is 5.92. The van der Waals surface area contributed by atoms with Crippen LogP contribution in [0.4, 0.5) is 5.82 Å². The number of nitrogens with one attached hydrogen (secondary N) is 2. The molecule has 3 rings (SSSR count). The molecule has 3 aromatic rings. The van der Waals surface area contributed by atoms with Crippen molar-refractivity contribution in [2.24, 2.45) is 0 Å². The highest BCUT2D eigenvalue weighted by Gasteiger charge is 2.23. The van der Waals surface area contributed by atoms with Crippen molar-refractivity contribution in [1.29, 1.82) is 0 Å². The molecule has 0 bridgehead atoms. The third-order valence-corrected chi connectivity index (χ3v) is 4.32. The minimum atomic E-state index is -0.289. The number of nitrogens with zero attached hydrogens (tertiary/aromatic N) is 4. The number of aromatic amines is 1. The van der Waals surface area contributed by atoms with Gasteiger partial charge in [0.2, 0.25) is 11.9 Å². The molecule has 0 radical (unpaired) electrons. The van der Waals surface area contributed by atoms with Crippen LogP contribution in [0.15, 0.2) is 21.5 Å². The first-order chi connectivity index (χ1) is 13.0. The molecule has 0 aliphatic carbocycles. The molecule has 2 N–H and O–H groups in total. The topological polar surface area (TPSA) is 119 Å². The second-order valence-corrected chi connectivity index (χ2v) is 7.81. The summed E-state index contributed by atoms with van der Waals surface area (Å²) in [7, 11) is 0. The van der Waals surface area contributed by atoms with Crippen LogP contribution in [0.5, 0.6) is 0 Å². The summed E-state index contributed by atoms with van der Waals surface area (Å²) in [5.74, 6) is 1.04. The zero-order chi connectivity index (χ0) is 20.6. The summed E-state index contributed by atoms with van der Waals surface area (Å²) in [6.45, 7) is 11.3. The average molecular weight is 384 g/mol. The summed E-state index contributed by atoms with van der Waals surface area (Å²) >= 11 is 0. The Morgan fingerprint density at radius 2 is 1.96 bits per heavy atom. The van der Waals surface area contributed by atoms with Crippen molar-refractivity contribution in [2.45, 2.75) is 53.4 Å². The molecule has 28 heavy (non-hydrogen) atoms. The van der Waals surface area contributed by atoms with Crippen LogP contribution in [0.25, 0.3) is 5.95 Å². The predicted octanol–water partition coefficient (Wildman–Crippen LogP) is 2.35. The van der Waals surface area contributed by atoms with Gasteiger partial charge in [0, 0.05) is 28.8 Å². The predicted molar refractivity (Wildman–Crippen MR) is 104 cm³/mol. The number of anilines is 1. The van der Waals surface area contributed by atoms with Gasteiger partial charge in [-0.1, -0.05) is 25.9 Å². The van der Waals surface area contributed by atoms with Crippen LogP contribution in [-0.2, 0) is 16.6 Å². The highest BCUT2D eigenvalue weighted by atomic mass is 16.5. The van der Waals surface area contributed by atoms with Gasteiger partial charge in [0.1, 0.15) is 11.6 Å². The van der Waals surface area contributed by atoms with E-state index in [1.807, 2.05) is 20.8 Å². The fraction of sp³-hybridized carbons (Fsp3) is 0.421. The quantitative estimate of drug-likeness (QED) is 0.713. The van der Waals surface area contributed by atoms with Crippen molar-refractivity contribution in [2.75, 3.05) is 5.32 Å². The normalized spacial score (nSPS) is 11.6. The van der Waals surface area contributed by atoms with E-state index in [4.69, 9.17) is 4.52 Å². The standard InChI is InChI=1S/C19H24N6O3/c1-10-7-16(26)22-18(20-10)25-15(9-14(23-25)19(4,5)6)21-17(27)8-13-11(2)24-28-12(13)3/h7,9H,8H2,1-6H3,(H,21,27)(H,20,22,26). The second kappa shape index (κ2) is 7.06. The number of carbonyl (C=O) groups excluding carboxylic acids is 1. The lowest BCUT2D eigenvalue weighted by atomic mass is 9.92. The molecular formula is C19H24N6O3. The molecule has 0 atom stereocenters. The number of rotatable bonds is 4. The van der Waals surface area contributed by atoms with Gasteiger partial charge in [-0.05, 0) is 20.8 Å². The number of hydrogen-bond acceptors (Lipinski definition) is 6. The summed E-state index contributed by atoms with van der Waals surface area (Å²) in [6.07, 6.45) is 0.120. The van der Waals surface area contributed by atoms with Crippen molar-refractivity contribution >= 4 is 11.7 Å². The molecule has 3 heterocycles. The Bertz CT molecular complexity index is 1060. The fourth-order valence-electron chi connectivity index (χ4n) is 2.76. The zero-order valence-corrected chi connectivity index (χ0v) is 16.9. The molecular weight excluding hydrogens is 360 g/mol. The van der Waals surface area contributed by atoms with Gasteiger partial charge in [-0.3, -0.25) is 14.6 Å². The largest absolute Gasteiger partial charge is 0.361 e. The van der Waals surface area contributed by atoms with Crippen LogP contribution >= 0.6 is 0 Å². The molecule has 0 unspecified atom stereocenters. The number of hydrogen-bond donors (Lipinski definition) is 2. The average Bonchev–Trinajstić information content (AvgIpc) is 3.12. The lowest BCUT2D eigenvalue weighted by Crippen LogP contribution is -2.20. The molecule has 1 amide bonds. The van der Waals surface area contributed by atoms with Crippen LogP contribution in [-0.4, -0.2) is 30.8 Å². The van der Waals surface area contributed by atoms with Crippen LogP contribution in [0.3, 0.4) is 0 Å². The smallest absolute Gasteiger partial charge is 0.252 e. The second-order valence-electron chi connectivity index (χ2n) is 7.81. The van der Waals surface area contributed by atoms with Gasteiger partial charge in [0.25, 0.3) is 5.56 Å². The lowest BCUT2D eigenvalue weighted by Gasteiger charge is -2.13. The molecule has 0 spiro atoms. The van der Waals surface area contributed by atoms with E-state index in [9.17, 15) is 9.59 Å². The van der Waals surface area contributed by atoms with Gasteiger partial charge in [0.05, 0.1) is 17.8 Å². The van der Waals surface area contributed by atoms with Crippen molar-refractivity contribution in [1.82, 2.24) is 24.9 Å². The number of aryl methyl sites for hydroxylation is 3. The molecule has 0 saturated heterocycles. The van der Waals surface area contributed by atoms with Crippen LogP contribution in [0.1, 0.15) is 49.2 Å². The van der Waals surface area contributed by atoms with Gasteiger partial charge in [-0.25, -0.2) is 4.98 Å². The van der Waals surface area contributed by atoms with E-state index in [1.54, 1.807) is 26.8 Å². The van der Waals surface area contributed by atoms with E-state index < -0.39 is 0 Å². The number of carbonyl (C=O) groups is 1. The Labute approximate surface area is 162 Å². The first-order valence-electron chi connectivity index (χ1n) is 8.95. The van der Waals surface area contributed by atoms with E-state index in [-0.39, 0.29) is 29.3 Å². The highest BCUT2D eigenvalue weighted by Crippen LogP contribution is 2.25. The SMILES string of the molecule is Cc1cc(=O)[nH]c(-n2nc(C(C)(C)C)cc2NC(=O)Cc2c(C)noc2C)n1. The fourth-order valence-corrected chi connectivity index (χ4v) is 2.76. The molecule has 0 aromatic carbocycles. The van der Waals surface area contributed by atoms with Crippen molar-refractivity contribution in [3.8, 4) is 5.95 Å². The third-order valence-electron chi connectivity index (χ3n) is 4.32. The van der Waals surface area contributed by atoms with Crippen LogP contribution < -0.4 is 10.9 Å². The number of aromatic nitrogens is 5. The van der Waals surface area contributed by atoms with Crippen molar-refractivity contribution < 1.29 is 9.32 Å². The van der Waals surface area contributed by atoms with Gasteiger partial charge in [0.15, 0.2) is 0 Å². The minimum absolute atomic E-state index is 0.120. The van der Waals surface area contributed by atoms with Crippen LogP contribution in [0.2, 0.25) is 0 Å². The van der Waals surface area contributed by atoms with Crippen LogP contribution in [0, 0.1) is 20.8 Å². The maximum absolute atomic E-state index is 12.6. The summed E-state index contributed by atoms with van der Waals surface area (Å²) < 4.78 is 6.56. The summed E-state index contributed by atoms with van der Waals surface area (Å²) in [5, 5.41) is 11.3. The van der Waals surface area contributed by atoms with E-state index in [0.717, 1.165) is 11.3 Å². The van der Waals surface area contributed by atoms with Crippen molar-refractivity contribution in [3.63, 3.8) is 0 Å². The first kappa shape index (κ1) is 19.5. The molecule has 148 valence electrons. The molecule has 9 heteroatoms. The van der Waals surface area contributed by atoms with Gasteiger partial charge in [-0.2, -0.15) is 9.78 Å². The van der Waals surface area contributed by atoms with E-state index in [1.165, 1.54) is 10.7 Å². The Morgan fingerprint density at radius 3 is 2.54 bits per heavy atom. The Kier molecular flexibility index (Phi) is 4.93. The number of amides is 1.